The molecule has 4 heteroatoms. The van der Waals surface area contributed by atoms with Crippen molar-refractivity contribution < 1.29 is 9.84 Å². The van der Waals surface area contributed by atoms with Crippen LogP contribution in [-0.4, -0.2) is 18.3 Å². The summed E-state index contributed by atoms with van der Waals surface area (Å²) >= 11 is 1.57. The second-order valence-electron chi connectivity index (χ2n) is 4.59. The molecule has 106 valence electrons. The van der Waals surface area contributed by atoms with E-state index < -0.39 is 6.10 Å². The van der Waals surface area contributed by atoms with Gasteiger partial charge >= 0.3 is 0 Å². The number of hydrogen-bond acceptors (Lipinski definition) is 4. The Labute approximate surface area is 123 Å². The zero-order valence-corrected chi connectivity index (χ0v) is 12.4. The molecule has 2 aromatic rings. The van der Waals surface area contributed by atoms with Crippen LogP contribution in [0.2, 0.25) is 0 Å². The van der Waals surface area contributed by atoms with Gasteiger partial charge in [0.05, 0.1) is 18.5 Å². The Hall–Kier alpha value is -1.65. The van der Waals surface area contributed by atoms with Crippen molar-refractivity contribution in [1.29, 1.82) is 0 Å². The van der Waals surface area contributed by atoms with Crippen LogP contribution in [0.15, 0.2) is 53.4 Å². The van der Waals surface area contributed by atoms with Gasteiger partial charge in [-0.05, 0) is 36.8 Å². The van der Waals surface area contributed by atoms with E-state index in [1.807, 2.05) is 48.5 Å². The maximum Gasteiger partial charge on any atom is 0.118 e. The van der Waals surface area contributed by atoms with Gasteiger partial charge in [-0.15, -0.1) is 11.8 Å². The molecule has 0 aliphatic carbocycles. The van der Waals surface area contributed by atoms with Crippen molar-refractivity contribution in [1.82, 2.24) is 0 Å². The molecular formula is C16H19NO2S. The smallest absolute Gasteiger partial charge is 0.118 e. The number of aliphatic hydroxyl groups is 1. The molecule has 2 unspecified atom stereocenters. The fraction of sp³-hybridized carbons (Fsp3) is 0.250. The summed E-state index contributed by atoms with van der Waals surface area (Å²) in [5, 5.41) is 9.99. The number of rotatable bonds is 5. The van der Waals surface area contributed by atoms with Gasteiger partial charge in [-0.2, -0.15) is 0 Å². The number of para-hydroxylation sites is 1. The molecule has 0 bridgehead atoms. The molecule has 2 aromatic carbocycles. The second kappa shape index (κ2) is 6.68. The third-order valence-corrected chi connectivity index (χ3v) is 4.60. The lowest BCUT2D eigenvalue weighted by Gasteiger charge is -2.21. The van der Waals surface area contributed by atoms with Gasteiger partial charge in [0.15, 0.2) is 0 Å². The van der Waals surface area contributed by atoms with Crippen molar-refractivity contribution >= 4 is 17.4 Å². The number of aliphatic hydroxyl groups excluding tert-OH is 1. The molecule has 0 aliphatic heterocycles. The topological polar surface area (TPSA) is 55.5 Å². The normalized spacial score (nSPS) is 13.8. The minimum Gasteiger partial charge on any atom is -0.497 e. The number of thioether (sulfide) groups is 1. The van der Waals surface area contributed by atoms with E-state index in [9.17, 15) is 5.11 Å². The third-order valence-electron chi connectivity index (χ3n) is 3.06. The molecule has 0 amide bonds. The molecule has 0 aliphatic rings. The predicted molar refractivity (Wildman–Crippen MR) is 84.1 cm³/mol. The van der Waals surface area contributed by atoms with Crippen LogP contribution in [0.25, 0.3) is 0 Å². The van der Waals surface area contributed by atoms with Crippen molar-refractivity contribution in [3.8, 4) is 5.75 Å². The Balaban J connectivity index is 2.25. The summed E-state index contributed by atoms with van der Waals surface area (Å²) < 4.78 is 5.16. The summed E-state index contributed by atoms with van der Waals surface area (Å²) in [4.78, 5) is 0.981. The van der Waals surface area contributed by atoms with E-state index in [4.69, 9.17) is 10.5 Å². The molecular weight excluding hydrogens is 270 g/mol. The van der Waals surface area contributed by atoms with E-state index in [2.05, 4.69) is 0 Å². The Morgan fingerprint density at radius 1 is 1.10 bits per heavy atom. The number of hydrogen-bond donors (Lipinski definition) is 2. The highest BCUT2D eigenvalue weighted by molar-refractivity contribution is 7.99. The summed E-state index contributed by atoms with van der Waals surface area (Å²) in [6, 6.07) is 15.5. The van der Waals surface area contributed by atoms with Gasteiger partial charge in [0.2, 0.25) is 0 Å². The lowest BCUT2D eigenvalue weighted by Crippen LogP contribution is -2.11. The number of nitrogens with two attached hydrogens (primary N) is 1. The van der Waals surface area contributed by atoms with Crippen molar-refractivity contribution in [2.24, 2.45) is 0 Å². The number of methoxy groups -OCH3 is 1. The van der Waals surface area contributed by atoms with Gasteiger partial charge in [-0.25, -0.2) is 0 Å². The van der Waals surface area contributed by atoms with Crippen LogP contribution in [-0.2, 0) is 0 Å². The Kier molecular flexibility index (Phi) is 4.93. The minimum absolute atomic E-state index is 0.0643. The standard InChI is InChI=1S/C16H19NO2S/c1-11(18)16(12-7-9-13(19-2)10-8-12)20-15-6-4-3-5-14(15)17/h3-11,16,18H,17H2,1-2H3. The summed E-state index contributed by atoms with van der Waals surface area (Å²) in [6.07, 6.45) is -0.479. The van der Waals surface area contributed by atoms with Gasteiger partial charge in [0, 0.05) is 10.6 Å². The predicted octanol–water partition coefficient (Wildman–Crippen LogP) is 3.49. The van der Waals surface area contributed by atoms with Gasteiger partial charge in [0.25, 0.3) is 0 Å². The summed E-state index contributed by atoms with van der Waals surface area (Å²) in [5.41, 5.74) is 7.75. The SMILES string of the molecule is COc1ccc(C(Sc2ccccc2N)C(C)O)cc1. The summed E-state index contributed by atoms with van der Waals surface area (Å²) in [6.45, 7) is 1.79. The van der Waals surface area contributed by atoms with Crippen LogP contribution in [0.1, 0.15) is 17.7 Å². The van der Waals surface area contributed by atoms with Crippen LogP contribution < -0.4 is 10.5 Å². The molecule has 3 N–H and O–H groups in total. The first-order chi connectivity index (χ1) is 9.61. The maximum absolute atomic E-state index is 10.1. The molecule has 0 fully saturated rings. The Morgan fingerprint density at radius 3 is 2.30 bits per heavy atom. The van der Waals surface area contributed by atoms with Crippen LogP contribution >= 0.6 is 11.8 Å². The van der Waals surface area contributed by atoms with E-state index in [0.29, 0.717) is 0 Å². The van der Waals surface area contributed by atoms with Crippen LogP contribution in [0.5, 0.6) is 5.75 Å². The number of anilines is 1. The first-order valence-electron chi connectivity index (χ1n) is 6.45. The first-order valence-corrected chi connectivity index (χ1v) is 7.33. The van der Waals surface area contributed by atoms with Crippen LogP contribution in [0.3, 0.4) is 0 Å². The molecule has 20 heavy (non-hydrogen) atoms. The van der Waals surface area contributed by atoms with Crippen LogP contribution in [0.4, 0.5) is 5.69 Å². The van der Waals surface area contributed by atoms with Crippen LogP contribution in [0, 0.1) is 0 Å². The van der Waals surface area contributed by atoms with Gasteiger partial charge in [0.1, 0.15) is 5.75 Å². The van der Waals surface area contributed by atoms with Gasteiger partial charge < -0.3 is 15.6 Å². The fourth-order valence-corrected chi connectivity index (χ4v) is 3.09. The second-order valence-corrected chi connectivity index (χ2v) is 5.77. The molecule has 3 nitrogen and oxygen atoms in total. The third kappa shape index (κ3) is 3.46. The van der Waals surface area contributed by atoms with Crippen molar-refractivity contribution in [3.05, 3.63) is 54.1 Å². The average Bonchev–Trinajstić information content (AvgIpc) is 2.46. The van der Waals surface area contributed by atoms with Gasteiger partial charge in [-0.1, -0.05) is 24.3 Å². The maximum atomic E-state index is 10.1. The molecule has 0 heterocycles. The molecule has 2 atom stereocenters. The Bertz CT molecular complexity index is 555. The average molecular weight is 289 g/mol. The van der Waals surface area contributed by atoms with Crippen molar-refractivity contribution in [2.75, 3.05) is 12.8 Å². The zero-order valence-electron chi connectivity index (χ0n) is 11.6. The number of nitrogen functional groups attached to an aromatic ring is 1. The number of ether oxygens (including phenoxy) is 1. The lowest BCUT2D eigenvalue weighted by atomic mass is 10.1. The Morgan fingerprint density at radius 2 is 1.75 bits per heavy atom. The minimum atomic E-state index is -0.479. The largest absolute Gasteiger partial charge is 0.497 e. The van der Waals surface area contributed by atoms with E-state index in [-0.39, 0.29) is 5.25 Å². The van der Waals surface area contributed by atoms with Gasteiger partial charge in [-0.3, -0.25) is 0 Å². The summed E-state index contributed by atoms with van der Waals surface area (Å²) in [5.74, 6) is 0.808. The monoisotopic (exact) mass is 289 g/mol. The molecule has 0 spiro atoms. The highest BCUT2D eigenvalue weighted by Gasteiger charge is 2.19. The highest BCUT2D eigenvalue weighted by atomic mass is 32.2. The van der Waals surface area contributed by atoms with E-state index in [1.54, 1.807) is 25.8 Å². The molecule has 0 aromatic heterocycles. The van der Waals surface area contributed by atoms with Crippen molar-refractivity contribution in [2.45, 2.75) is 23.2 Å². The molecule has 0 saturated carbocycles. The fourth-order valence-electron chi connectivity index (χ4n) is 1.96. The van der Waals surface area contributed by atoms with Crippen molar-refractivity contribution in [3.63, 3.8) is 0 Å². The van der Waals surface area contributed by atoms with E-state index >= 15 is 0 Å². The first kappa shape index (κ1) is 14.8. The van der Waals surface area contributed by atoms with E-state index in [0.717, 1.165) is 21.9 Å². The molecule has 2 rings (SSSR count). The summed E-state index contributed by atoms with van der Waals surface area (Å²) in [7, 11) is 1.64. The highest BCUT2D eigenvalue weighted by Crippen LogP contribution is 2.40. The number of benzene rings is 2. The lowest BCUT2D eigenvalue weighted by molar-refractivity contribution is 0.192. The molecule has 0 radical (unpaired) electrons. The quantitative estimate of drug-likeness (QED) is 0.653. The van der Waals surface area contributed by atoms with E-state index in [1.165, 1.54) is 0 Å². The molecule has 0 saturated heterocycles. The zero-order chi connectivity index (χ0) is 14.5.